The summed E-state index contributed by atoms with van der Waals surface area (Å²) in [6.07, 6.45) is 1.10. The molecule has 2 aromatic carbocycles. The molecule has 1 fully saturated rings. The molecule has 2 heterocycles. The van der Waals surface area contributed by atoms with E-state index < -0.39 is 11.9 Å². The Hall–Kier alpha value is -3.96. The number of anilines is 3. The van der Waals surface area contributed by atoms with Gasteiger partial charge in [-0.15, -0.1) is 0 Å². The van der Waals surface area contributed by atoms with E-state index in [1.165, 1.54) is 18.3 Å². The third-order valence-electron chi connectivity index (χ3n) is 6.28. The number of rotatable bonds is 11. The van der Waals surface area contributed by atoms with Crippen molar-refractivity contribution in [1.29, 1.82) is 0 Å². The molecule has 1 amide bonds. The number of hydrogen-bond acceptors (Lipinski definition) is 8. The number of nitrogens with one attached hydrogen (secondary N) is 1. The number of methoxy groups -OCH3 is 1. The van der Waals surface area contributed by atoms with Gasteiger partial charge in [-0.1, -0.05) is 12.1 Å². The maximum absolute atomic E-state index is 14.7. The fraction of sp³-hybridized carbons (Fsp3) is 0.370. The van der Waals surface area contributed by atoms with E-state index in [1.54, 1.807) is 43.5 Å². The van der Waals surface area contributed by atoms with Gasteiger partial charge < -0.3 is 29.7 Å². The largest absolute Gasteiger partial charge is 0.497 e. The van der Waals surface area contributed by atoms with Crippen LogP contribution in [-0.4, -0.2) is 84.5 Å². The van der Waals surface area contributed by atoms with E-state index in [2.05, 4.69) is 32.1 Å². The molecule has 0 spiro atoms. The Kier molecular flexibility index (Phi) is 9.28. The van der Waals surface area contributed by atoms with Gasteiger partial charge in [0.25, 0.3) is 0 Å². The van der Waals surface area contributed by atoms with Gasteiger partial charge in [-0.2, -0.15) is 4.98 Å². The molecule has 0 saturated carbocycles. The van der Waals surface area contributed by atoms with Crippen LogP contribution in [0.4, 0.5) is 26.6 Å². The number of carbonyl (C=O) groups is 1. The lowest BCUT2D eigenvalue weighted by Gasteiger charge is -2.32. The molecule has 38 heavy (non-hydrogen) atoms. The zero-order chi connectivity index (χ0) is 26.9. The Morgan fingerprint density at radius 2 is 1.97 bits per heavy atom. The second-order valence-electron chi connectivity index (χ2n) is 9.08. The van der Waals surface area contributed by atoms with Crippen LogP contribution in [0.25, 0.3) is 0 Å². The summed E-state index contributed by atoms with van der Waals surface area (Å²) in [5, 5.41) is 12.7. The van der Waals surface area contributed by atoms with Crippen molar-refractivity contribution in [2.45, 2.75) is 13.0 Å². The zero-order valence-corrected chi connectivity index (χ0v) is 21.6. The average Bonchev–Trinajstić information content (AvgIpc) is 2.92. The van der Waals surface area contributed by atoms with Gasteiger partial charge in [0.05, 0.1) is 20.3 Å². The maximum atomic E-state index is 14.7. The van der Waals surface area contributed by atoms with Crippen molar-refractivity contribution >= 4 is 23.5 Å². The van der Waals surface area contributed by atoms with Gasteiger partial charge in [0, 0.05) is 50.7 Å². The molecular weight excluding hydrogens is 491 g/mol. The lowest BCUT2D eigenvalue weighted by molar-refractivity contribution is 0.145. The topological polar surface area (TPSA) is 103 Å². The molecule has 0 radical (unpaired) electrons. The fourth-order valence-corrected chi connectivity index (χ4v) is 4.13. The highest BCUT2D eigenvalue weighted by molar-refractivity contribution is 5.84. The van der Waals surface area contributed by atoms with Crippen LogP contribution in [-0.2, 0) is 6.54 Å². The van der Waals surface area contributed by atoms with Gasteiger partial charge in [0.15, 0.2) is 11.6 Å². The number of likely N-dealkylation sites (N-methyl/N-ethyl adjacent to an activating group) is 1. The van der Waals surface area contributed by atoms with Crippen LogP contribution in [0.1, 0.15) is 12.0 Å². The van der Waals surface area contributed by atoms with Gasteiger partial charge in [-0.3, -0.25) is 4.90 Å². The molecule has 1 saturated heterocycles. The molecule has 1 aliphatic heterocycles. The molecule has 202 valence electrons. The predicted molar refractivity (Wildman–Crippen MR) is 143 cm³/mol. The highest BCUT2D eigenvalue weighted by Crippen LogP contribution is 2.24. The zero-order valence-electron chi connectivity index (χ0n) is 21.6. The number of halogens is 1. The SMILES string of the molecule is COc1cccc(CN(C(=O)O)c2ccnc(Nc3ccc(OCCCN4CCN(C)CC4)c(F)c3)n2)c1. The lowest BCUT2D eigenvalue weighted by atomic mass is 10.2. The molecule has 3 aromatic rings. The first-order chi connectivity index (χ1) is 18.4. The fourth-order valence-electron chi connectivity index (χ4n) is 4.13. The van der Waals surface area contributed by atoms with E-state index in [0.717, 1.165) is 49.6 Å². The van der Waals surface area contributed by atoms with Crippen LogP contribution in [0.2, 0.25) is 0 Å². The molecule has 0 aliphatic carbocycles. The first-order valence-corrected chi connectivity index (χ1v) is 12.5. The van der Waals surface area contributed by atoms with Gasteiger partial charge in [-0.05, 0) is 49.4 Å². The quantitative estimate of drug-likeness (QED) is 0.359. The van der Waals surface area contributed by atoms with Crippen LogP contribution in [0.15, 0.2) is 54.7 Å². The standard InChI is InChI=1S/C27H33FN6O4/c1-32-12-14-33(15-13-32)11-4-16-38-24-8-7-21(18-23(24)28)30-26-29-10-9-25(31-26)34(27(35)36)19-20-5-3-6-22(17-20)37-2/h3,5-10,17-18H,4,11-16,19H2,1-2H3,(H,35,36)(H,29,30,31). The van der Waals surface area contributed by atoms with E-state index >= 15 is 0 Å². The number of nitrogens with zero attached hydrogens (tertiary/aromatic N) is 5. The number of piperazine rings is 1. The van der Waals surface area contributed by atoms with E-state index in [0.29, 0.717) is 18.0 Å². The maximum Gasteiger partial charge on any atom is 0.413 e. The molecule has 0 bridgehead atoms. The van der Waals surface area contributed by atoms with E-state index in [4.69, 9.17) is 9.47 Å². The normalized spacial score (nSPS) is 14.2. The molecule has 11 heteroatoms. The Morgan fingerprint density at radius 1 is 1.16 bits per heavy atom. The number of ether oxygens (including phenoxy) is 2. The first-order valence-electron chi connectivity index (χ1n) is 12.5. The van der Waals surface area contributed by atoms with Crippen molar-refractivity contribution in [2.24, 2.45) is 0 Å². The Balaban J connectivity index is 1.34. The minimum Gasteiger partial charge on any atom is -0.497 e. The summed E-state index contributed by atoms with van der Waals surface area (Å²) in [5.74, 6) is 0.621. The number of amides is 1. The number of carboxylic acid groups (broad SMARTS) is 1. The third kappa shape index (κ3) is 7.53. The smallest absolute Gasteiger partial charge is 0.413 e. The minimum atomic E-state index is -1.17. The molecule has 1 aromatic heterocycles. The second-order valence-corrected chi connectivity index (χ2v) is 9.08. The van der Waals surface area contributed by atoms with Gasteiger partial charge >= 0.3 is 6.09 Å². The summed E-state index contributed by atoms with van der Waals surface area (Å²) in [6, 6.07) is 13.2. The van der Waals surface area contributed by atoms with Crippen molar-refractivity contribution < 1.29 is 23.8 Å². The van der Waals surface area contributed by atoms with Crippen LogP contribution in [0.3, 0.4) is 0 Å². The number of aromatic nitrogens is 2. The highest BCUT2D eigenvalue weighted by atomic mass is 19.1. The van der Waals surface area contributed by atoms with Gasteiger partial charge in [0.2, 0.25) is 5.95 Å². The van der Waals surface area contributed by atoms with Gasteiger partial charge in [-0.25, -0.2) is 14.2 Å². The summed E-state index contributed by atoms with van der Waals surface area (Å²) in [5.41, 5.74) is 1.15. The van der Waals surface area contributed by atoms with Crippen molar-refractivity contribution in [3.8, 4) is 11.5 Å². The summed E-state index contributed by atoms with van der Waals surface area (Å²) in [7, 11) is 3.67. The van der Waals surface area contributed by atoms with Crippen LogP contribution < -0.4 is 19.7 Å². The van der Waals surface area contributed by atoms with Crippen LogP contribution in [0, 0.1) is 5.82 Å². The molecule has 0 atom stereocenters. The molecule has 10 nitrogen and oxygen atoms in total. The number of benzene rings is 2. The molecular formula is C27H33FN6O4. The second kappa shape index (κ2) is 13.0. The molecule has 2 N–H and O–H groups in total. The summed E-state index contributed by atoms with van der Waals surface area (Å²) in [6.45, 7) is 5.63. The van der Waals surface area contributed by atoms with Crippen molar-refractivity contribution in [3.05, 3.63) is 66.1 Å². The van der Waals surface area contributed by atoms with E-state index in [1.807, 2.05) is 0 Å². The van der Waals surface area contributed by atoms with E-state index in [9.17, 15) is 14.3 Å². The molecule has 1 aliphatic rings. The first kappa shape index (κ1) is 27.1. The monoisotopic (exact) mass is 524 g/mol. The van der Waals surface area contributed by atoms with Crippen molar-refractivity contribution in [2.75, 3.05) is 63.7 Å². The molecule has 4 rings (SSSR count). The Labute approximate surface area is 221 Å². The van der Waals surface area contributed by atoms with Gasteiger partial charge in [0.1, 0.15) is 11.6 Å². The summed E-state index contributed by atoms with van der Waals surface area (Å²) < 4.78 is 25.5. The van der Waals surface area contributed by atoms with Crippen molar-refractivity contribution in [3.63, 3.8) is 0 Å². The average molecular weight is 525 g/mol. The number of hydrogen-bond donors (Lipinski definition) is 2. The Bertz CT molecular complexity index is 1220. The minimum absolute atomic E-state index is 0.0679. The van der Waals surface area contributed by atoms with Crippen molar-refractivity contribution in [1.82, 2.24) is 19.8 Å². The third-order valence-corrected chi connectivity index (χ3v) is 6.28. The summed E-state index contributed by atoms with van der Waals surface area (Å²) >= 11 is 0. The Morgan fingerprint density at radius 3 is 2.71 bits per heavy atom. The van der Waals surface area contributed by atoms with E-state index in [-0.39, 0.29) is 24.1 Å². The predicted octanol–water partition coefficient (Wildman–Crippen LogP) is 4.07. The lowest BCUT2D eigenvalue weighted by Crippen LogP contribution is -2.44. The molecule has 0 unspecified atom stereocenters. The van der Waals surface area contributed by atoms with Crippen LogP contribution in [0.5, 0.6) is 11.5 Å². The van der Waals surface area contributed by atoms with Crippen LogP contribution >= 0.6 is 0 Å². The highest BCUT2D eigenvalue weighted by Gasteiger charge is 2.18. The summed E-state index contributed by atoms with van der Waals surface area (Å²) in [4.78, 5) is 26.2.